The van der Waals surface area contributed by atoms with Crippen LogP contribution in [0.25, 0.3) is 11.1 Å². The number of rotatable bonds is 7. The number of aryl methyl sites for hydroxylation is 1. The summed E-state index contributed by atoms with van der Waals surface area (Å²) >= 11 is 1.57. The van der Waals surface area contributed by atoms with Crippen molar-refractivity contribution in [3.63, 3.8) is 0 Å². The Hall–Kier alpha value is -3.64. The number of hydrogen-bond acceptors (Lipinski definition) is 3. The SMILES string of the molecule is Cc1ccc(C[NH+]=C(O)Nc2ccc(NSc3ccccc3-c3ccccc3)cc2)o1. The van der Waals surface area contributed by atoms with Crippen molar-refractivity contribution in [2.24, 2.45) is 0 Å². The Morgan fingerprint density at radius 1 is 0.871 bits per heavy atom. The van der Waals surface area contributed by atoms with Crippen LogP contribution < -0.4 is 15.0 Å². The molecule has 6 heteroatoms. The minimum absolute atomic E-state index is 0.0269. The zero-order valence-electron chi connectivity index (χ0n) is 17.1. The lowest BCUT2D eigenvalue weighted by molar-refractivity contribution is -0.486. The number of aliphatic hydroxyl groups is 1. The Balaban J connectivity index is 1.35. The van der Waals surface area contributed by atoms with Crippen LogP contribution in [0.4, 0.5) is 11.4 Å². The molecule has 1 heterocycles. The van der Waals surface area contributed by atoms with Crippen LogP contribution in [-0.4, -0.2) is 11.1 Å². The number of anilines is 2. The van der Waals surface area contributed by atoms with E-state index in [0.717, 1.165) is 27.8 Å². The Kier molecular flexibility index (Phi) is 6.59. The van der Waals surface area contributed by atoms with E-state index in [-0.39, 0.29) is 6.02 Å². The van der Waals surface area contributed by atoms with E-state index in [0.29, 0.717) is 6.54 Å². The molecule has 5 nitrogen and oxygen atoms in total. The third-order valence-electron chi connectivity index (χ3n) is 4.62. The normalized spacial score (nSPS) is 11.3. The van der Waals surface area contributed by atoms with Gasteiger partial charge in [0.25, 0.3) is 0 Å². The van der Waals surface area contributed by atoms with Crippen LogP contribution in [0.5, 0.6) is 0 Å². The molecule has 0 aliphatic carbocycles. The lowest BCUT2D eigenvalue weighted by Crippen LogP contribution is -2.73. The minimum Gasteiger partial charge on any atom is -0.462 e. The average Bonchev–Trinajstić information content (AvgIpc) is 3.23. The van der Waals surface area contributed by atoms with Crippen molar-refractivity contribution < 1.29 is 14.5 Å². The molecule has 0 spiro atoms. The standard InChI is InChI=1S/C25H23N3O2S/c1-18-11-16-22(30-18)17-26-25(29)27-20-12-14-21(15-13-20)28-31-24-10-6-5-9-23(24)19-7-3-2-4-8-19/h2-16,28H,17H2,1H3,(H2,26,27,29)/p+1. The van der Waals surface area contributed by atoms with Gasteiger partial charge in [-0.3, -0.25) is 0 Å². The predicted octanol–water partition coefficient (Wildman–Crippen LogP) is 4.98. The van der Waals surface area contributed by atoms with Crippen LogP contribution in [0.15, 0.2) is 100 Å². The van der Waals surface area contributed by atoms with Crippen molar-refractivity contribution >= 4 is 29.3 Å². The predicted molar refractivity (Wildman–Crippen MR) is 127 cm³/mol. The van der Waals surface area contributed by atoms with Gasteiger partial charge in [0.15, 0.2) is 0 Å². The van der Waals surface area contributed by atoms with E-state index in [2.05, 4.69) is 45.4 Å². The minimum atomic E-state index is -0.0269. The van der Waals surface area contributed by atoms with E-state index in [1.54, 1.807) is 11.9 Å². The molecule has 31 heavy (non-hydrogen) atoms. The zero-order chi connectivity index (χ0) is 21.5. The van der Waals surface area contributed by atoms with Gasteiger partial charge in [0, 0.05) is 10.6 Å². The second kappa shape index (κ2) is 9.91. The molecule has 0 fully saturated rings. The van der Waals surface area contributed by atoms with E-state index < -0.39 is 0 Å². The van der Waals surface area contributed by atoms with Gasteiger partial charge in [-0.15, -0.1) is 0 Å². The molecule has 0 radical (unpaired) electrons. The number of furan rings is 1. The summed E-state index contributed by atoms with van der Waals surface area (Å²) in [7, 11) is 0. The first-order valence-corrected chi connectivity index (χ1v) is 10.8. The number of benzene rings is 3. The Bertz CT molecular complexity index is 1150. The van der Waals surface area contributed by atoms with Gasteiger partial charge >= 0.3 is 6.02 Å². The van der Waals surface area contributed by atoms with Crippen LogP contribution >= 0.6 is 11.9 Å². The van der Waals surface area contributed by atoms with Crippen LogP contribution in [0.1, 0.15) is 11.5 Å². The van der Waals surface area contributed by atoms with Crippen molar-refractivity contribution in [1.82, 2.24) is 0 Å². The molecule has 0 bridgehead atoms. The van der Waals surface area contributed by atoms with Gasteiger partial charge < -0.3 is 14.2 Å². The molecule has 0 amide bonds. The molecule has 3 aromatic carbocycles. The molecule has 4 N–H and O–H groups in total. The summed E-state index contributed by atoms with van der Waals surface area (Å²) in [6.07, 6.45) is 0. The van der Waals surface area contributed by atoms with Crippen molar-refractivity contribution in [3.8, 4) is 11.1 Å². The molecule has 156 valence electrons. The van der Waals surface area contributed by atoms with E-state index in [1.165, 1.54) is 11.1 Å². The quantitative estimate of drug-likeness (QED) is 0.189. The summed E-state index contributed by atoms with van der Waals surface area (Å²) < 4.78 is 8.87. The Morgan fingerprint density at radius 3 is 2.32 bits per heavy atom. The van der Waals surface area contributed by atoms with E-state index >= 15 is 0 Å². The van der Waals surface area contributed by atoms with Crippen molar-refractivity contribution in [3.05, 3.63) is 103 Å². The fraction of sp³-hybridized carbons (Fsp3) is 0.0800. The smallest absolute Gasteiger partial charge is 0.444 e. The fourth-order valence-electron chi connectivity index (χ4n) is 3.08. The molecule has 0 aliphatic rings. The summed E-state index contributed by atoms with van der Waals surface area (Å²) in [6, 6.07) is 30.2. The molecule has 1 aromatic heterocycles. The molecule has 0 aliphatic heterocycles. The molecule has 4 rings (SSSR count). The lowest BCUT2D eigenvalue weighted by Gasteiger charge is -2.11. The van der Waals surface area contributed by atoms with Crippen LogP contribution in [0.2, 0.25) is 0 Å². The van der Waals surface area contributed by atoms with Gasteiger partial charge in [0.05, 0.1) is 0 Å². The van der Waals surface area contributed by atoms with Gasteiger partial charge in [-0.05, 0) is 72.5 Å². The van der Waals surface area contributed by atoms with Crippen molar-refractivity contribution in [2.45, 2.75) is 18.4 Å². The lowest BCUT2D eigenvalue weighted by atomic mass is 10.1. The second-order valence-electron chi connectivity index (χ2n) is 6.98. The summed E-state index contributed by atoms with van der Waals surface area (Å²) in [5.74, 6) is 1.61. The Morgan fingerprint density at radius 2 is 1.58 bits per heavy atom. The largest absolute Gasteiger partial charge is 0.462 e. The Labute approximate surface area is 186 Å². The molecule has 0 saturated carbocycles. The molecular weight excluding hydrogens is 406 g/mol. The first-order chi connectivity index (χ1) is 15.2. The number of nitrogens with one attached hydrogen (secondary N) is 3. The molecule has 0 saturated heterocycles. The maximum absolute atomic E-state index is 10.1. The average molecular weight is 431 g/mol. The van der Waals surface area contributed by atoms with Gasteiger partial charge in [-0.25, -0.2) is 10.3 Å². The number of aliphatic hydroxyl groups excluding tert-OH is 1. The monoisotopic (exact) mass is 430 g/mol. The highest BCUT2D eigenvalue weighted by Crippen LogP contribution is 2.32. The van der Waals surface area contributed by atoms with Gasteiger partial charge in [-0.2, -0.15) is 0 Å². The summed E-state index contributed by atoms with van der Waals surface area (Å²) in [5.41, 5.74) is 4.13. The summed E-state index contributed by atoms with van der Waals surface area (Å²) in [6.45, 7) is 2.29. The van der Waals surface area contributed by atoms with Gasteiger partial charge in [0.2, 0.25) is 0 Å². The highest BCUT2D eigenvalue weighted by atomic mass is 32.2. The summed E-state index contributed by atoms with van der Waals surface area (Å²) in [5, 5.41) is 13.0. The van der Waals surface area contributed by atoms with E-state index in [4.69, 9.17) is 4.42 Å². The zero-order valence-corrected chi connectivity index (χ0v) is 17.9. The molecule has 0 unspecified atom stereocenters. The first kappa shape index (κ1) is 20.6. The van der Waals surface area contributed by atoms with Crippen molar-refractivity contribution in [1.29, 1.82) is 0 Å². The maximum atomic E-state index is 10.1. The first-order valence-electron chi connectivity index (χ1n) is 9.97. The third-order valence-corrected chi connectivity index (χ3v) is 5.54. The third kappa shape index (κ3) is 5.71. The highest BCUT2D eigenvalue weighted by molar-refractivity contribution is 8.00. The number of amidine groups is 1. The highest BCUT2D eigenvalue weighted by Gasteiger charge is 2.08. The number of hydrogen-bond donors (Lipinski definition) is 4. The topological polar surface area (TPSA) is 71.4 Å². The van der Waals surface area contributed by atoms with Gasteiger partial charge in [-0.1, -0.05) is 48.5 Å². The van der Waals surface area contributed by atoms with E-state index in [9.17, 15) is 5.11 Å². The van der Waals surface area contributed by atoms with Crippen LogP contribution in [0, 0.1) is 6.92 Å². The second-order valence-corrected chi connectivity index (χ2v) is 7.83. The maximum Gasteiger partial charge on any atom is 0.444 e. The molecule has 4 aromatic rings. The van der Waals surface area contributed by atoms with E-state index in [1.807, 2.05) is 67.6 Å². The van der Waals surface area contributed by atoms with Gasteiger partial charge in [0.1, 0.15) is 23.8 Å². The van der Waals surface area contributed by atoms with Crippen LogP contribution in [-0.2, 0) is 6.54 Å². The molecular formula is C25H24N3O2S+. The molecule has 0 atom stereocenters. The van der Waals surface area contributed by atoms with Crippen LogP contribution in [0.3, 0.4) is 0 Å². The fourth-order valence-corrected chi connectivity index (χ4v) is 3.89. The summed E-state index contributed by atoms with van der Waals surface area (Å²) in [4.78, 5) is 4.04. The van der Waals surface area contributed by atoms with Crippen molar-refractivity contribution in [2.75, 3.05) is 10.0 Å².